The van der Waals surface area contributed by atoms with Crippen molar-refractivity contribution in [2.75, 3.05) is 17.2 Å². The lowest BCUT2D eigenvalue weighted by Crippen LogP contribution is -2.58. The van der Waals surface area contributed by atoms with Crippen LogP contribution in [0, 0.1) is 17.0 Å². The molecular formula is C32H32F2N4O4. The summed E-state index contributed by atoms with van der Waals surface area (Å²) in [6.45, 7) is 3.25. The van der Waals surface area contributed by atoms with E-state index < -0.39 is 46.4 Å². The number of halogens is 2. The molecule has 3 amide bonds. The van der Waals surface area contributed by atoms with Gasteiger partial charge in [-0.25, -0.2) is 13.8 Å². The van der Waals surface area contributed by atoms with E-state index in [1.165, 1.54) is 4.90 Å². The molecule has 0 radical (unpaired) electrons. The molecule has 0 saturated carbocycles. The third-order valence-corrected chi connectivity index (χ3v) is 9.46. The first-order valence-electron chi connectivity index (χ1n) is 14.2. The van der Waals surface area contributed by atoms with E-state index in [4.69, 9.17) is 0 Å². The van der Waals surface area contributed by atoms with Crippen molar-refractivity contribution in [3.63, 3.8) is 0 Å². The van der Waals surface area contributed by atoms with Crippen molar-refractivity contribution in [1.82, 2.24) is 9.88 Å². The molecule has 1 spiro atoms. The number of hydrogen-bond donors (Lipinski definition) is 3. The Morgan fingerprint density at radius 1 is 1.07 bits per heavy atom. The van der Waals surface area contributed by atoms with Crippen LogP contribution in [-0.2, 0) is 32.6 Å². The van der Waals surface area contributed by atoms with Gasteiger partial charge in [-0.05, 0) is 79.1 Å². The van der Waals surface area contributed by atoms with Crippen LogP contribution in [0.4, 0.5) is 20.3 Å². The van der Waals surface area contributed by atoms with E-state index in [9.17, 15) is 28.3 Å². The molecule has 8 nitrogen and oxygen atoms in total. The first kappa shape index (κ1) is 28.0. The normalized spacial score (nSPS) is 24.0. The van der Waals surface area contributed by atoms with E-state index in [0.717, 1.165) is 34.9 Å². The maximum atomic E-state index is 14.2. The van der Waals surface area contributed by atoms with E-state index in [1.54, 1.807) is 26.1 Å². The van der Waals surface area contributed by atoms with Gasteiger partial charge in [0.25, 0.3) is 0 Å². The molecule has 218 valence electrons. The van der Waals surface area contributed by atoms with Crippen LogP contribution in [0.5, 0.6) is 0 Å². The molecule has 3 unspecified atom stereocenters. The highest BCUT2D eigenvalue weighted by Gasteiger charge is 2.52. The minimum atomic E-state index is -1.10. The Morgan fingerprint density at radius 3 is 2.50 bits per heavy atom. The molecule has 3 heterocycles. The van der Waals surface area contributed by atoms with E-state index in [1.807, 2.05) is 24.3 Å². The highest BCUT2D eigenvalue weighted by Crippen LogP contribution is 2.47. The third-order valence-electron chi connectivity index (χ3n) is 9.46. The molecule has 3 N–H and O–H groups in total. The smallest absolute Gasteiger partial charge is 0.244 e. The summed E-state index contributed by atoms with van der Waals surface area (Å²) in [7, 11) is 0. The van der Waals surface area contributed by atoms with Gasteiger partial charge in [-0.3, -0.25) is 14.4 Å². The number of piperidine rings is 1. The number of aromatic nitrogens is 1. The number of pyridine rings is 1. The second kappa shape index (κ2) is 10.3. The predicted molar refractivity (Wildman–Crippen MR) is 151 cm³/mol. The number of aliphatic hydroxyl groups is 1. The molecule has 1 saturated heterocycles. The van der Waals surface area contributed by atoms with Crippen molar-refractivity contribution in [2.45, 2.75) is 63.5 Å². The Kier molecular flexibility index (Phi) is 6.84. The molecule has 3 atom stereocenters. The highest BCUT2D eigenvalue weighted by molar-refractivity contribution is 6.06. The van der Waals surface area contributed by atoms with Crippen LogP contribution in [0.25, 0.3) is 0 Å². The average Bonchev–Trinajstić information content (AvgIpc) is 3.47. The molecule has 3 aromatic rings. The predicted octanol–water partition coefficient (Wildman–Crippen LogP) is 4.43. The zero-order valence-electron chi connectivity index (χ0n) is 23.4. The van der Waals surface area contributed by atoms with Gasteiger partial charge in [0.2, 0.25) is 17.7 Å². The molecule has 1 fully saturated rings. The van der Waals surface area contributed by atoms with Gasteiger partial charge in [-0.15, -0.1) is 0 Å². The Balaban J connectivity index is 1.25. The maximum Gasteiger partial charge on any atom is 0.244 e. The lowest BCUT2D eigenvalue weighted by Gasteiger charge is -2.48. The van der Waals surface area contributed by atoms with Gasteiger partial charge < -0.3 is 20.6 Å². The molecule has 2 aliphatic heterocycles. The van der Waals surface area contributed by atoms with Crippen molar-refractivity contribution in [3.8, 4) is 0 Å². The fraction of sp³-hybridized carbons (Fsp3) is 0.375. The van der Waals surface area contributed by atoms with Crippen LogP contribution >= 0.6 is 0 Å². The van der Waals surface area contributed by atoms with Crippen LogP contribution in [-0.4, -0.2) is 45.4 Å². The number of carbonyl (C=O) groups is 3. The number of fused-ring (bicyclic) bond motifs is 3. The summed E-state index contributed by atoms with van der Waals surface area (Å²) >= 11 is 0. The standard InChI is InChI=1S/C32H32F2N4O4/c1-3-31(4-2)26(39)14-25(19-10-21(33)13-22(34)11-19)38(30(31)42)17-27(40)36-23-8-7-18-15-32(16-20(18)12-23)24-6-5-9-35-28(24)37-29(32)41/h5-13,25-26,39H,3-4,14-17H2,1-2H3,(H,36,40)(H,35,37,41). The second-order valence-corrected chi connectivity index (χ2v) is 11.6. The van der Waals surface area contributed by atoms with E-state index >= 15 is 0 Å². The number of aliphatic hydroxyl groups excluding tert-OH is 1. The summed E-state index contributed by atoms with van der Waals surface area (Å²) in [5.41, 5.74) is 1.64. The van der Waals surface area contributed by atoms with Crippen LogP contribution < -0.4 is 10.6 Å². The zero-order chi connectivity index (χ0) is 29.8. The average molecular weight is 575 g/mol. The molecular weight excluding hydrogens is 542 g/mol. The minimum absolute atomic E-state index is 0.0446. The first-order valence-corrected chi connectivity index (χ1v) is 14.2. The summed E-state index contributed by atoms with van der Waals surface area (Å²) in [6.07, 6.45) is 2.34. The number of rotatable bonds is 6. The molecule has 3 aliphatic rings. The van der Waals surface area contributed by atoms with Gasteiger partial charge in [0.05, 0.1) is 23.0 Å². The summed E-state index contributed by atoms with van der Waals surface area (Å²) in [5, 5.41) is 16.8. The summed E-state index contributed by atoms with van der Waals surface area (Å²) in [4.78, 5) is 45.9. The molecule has 42 heavy (non-hydrogen) atoms. The third kappa shape index (κ3) is 4.36. The number of nitrogens with zero attached hydrogens (tertiary/aromatic N) is 2. The van der Waals surface area contributed by atoms with Crippen molar-refractivity contribution in [3.05, 3.63) is 88.6 Å². The van der Waals surface area contributed by atoms with Gasteiger partial charge in [-0.1, -0.05) is 26.0 Å². The maximum absolute atomic E-state index is 14.2. The topological polar surface area (TPSA) is 112 Å². The minimum Gasteiger partial charge on any atom is -0.392 e. The second-order valence-electron chi connectivity index (χ2n) is 11.6. The Labute approximate surface area is 242 Å². The van der Waals surface area contributed by atoms with Crippen LogP contribution in [0.2, 0.25) is 0 Å². The number of hydrogen-bond acceptors (Lipinski definition) is 5. The number of likely N-dealkylation sites (tertiary alicyclic amines) is 1. The number of benzene rings is 2. The number of amides is 3. The zero-order valence-corrected chi connectivity index (χ0v) is 23.4. The summed E-state index contributed by atoms with van der Waals surface area (Å²) in [6, 6.07) is 11.3. The quantitative estimate of drug-likeness (QED) is 0.404. The molecule has 2 aromatic carbocycles. The molecule has 1 aromatic heterocycles. The largest absolute Gasteiger partial charge is 0.392 e. The SMILES string of the molecule is CCC1(CC)C(=O)N(CC(=O)Nc2ccc3c(c2)CC2(C3)C(=O)Nc3ncccc32)C(c2cc(F)cc(F)c2)CC1O. The lowest BCUT2D eigenvalue weighted by atomic mass is 9.69. The lowest BCUT2D eigenvalue weighted by molar-refractivity contribution is -0.165. The van der Waals surface area contributed by atoms with Crippen molar-refractivity contribution >= 4 is 29.2 Å². The molecule has 1 aliphatic carbocycles. The van der Waals surface area contributed by atoms with Crippen molar-refractivity contribution < 1.29 is 28.3 Å². The van der Waals surface area contributed by atoms with Gasteiger partial charge >= 0.3 is 0 Å². The number of nitrogens with one attached hydrogen (secondary N) is 2. The highest BCUT2D eigenvalue weighted by atomic mass is 19.1. The molecule has 6 rings (SSSR count). The number of anilines is 2. The summed E-state index contributed by atoms with van der Waals surface area (Å²) in [5.74, 6) is -2.04. The monoisotopic (exact) mass is 574 g/mol. The van der Waals surface area contributed by atoms with E-state index in [-0.39, 0.29) is 24.4 Å². The van der Waals surface area contributed by atoms with Crippen LogP contribution in [0.3, 0.4) is 0 Å². The van der Waals surface area contributed by atoms with Crippen molar-refractivity contribution in [1.29, 1.82) is 0 Å². The Hall–Kier alpha value is -4.18. The van der Waals surface area contributed by atoms with Gasteiger partial charge in [-0.2, -0.15) is 0 Å². The van der Waals surface area contributed by atoms with Gasteiger partial charge in [0.1, 0.15) is 24.0 Å². The summed E-state index contributed by atoms with van der Waals surface area (Å²) < 4.78 is 28.3. The van der Waals surface area contributed by atoms with Crippen LogP contribution in [0.1, 0.15) is 61.4 Å². The molecule has 0 bridgehead atoms. The Morgan fingerprint density at radius 2 is 1.79 bits per heavy atom. The molecule has 10 heteroatoms. The number of carbonyl (C=O) groups excluding carboxylic acids is 3. The fourth-order valence-corrected chi connectivity index (χ4v) is 7.12. The van der Waals surface area contributed by atoms with Crippen LogP contribution in [0.15, 0.2) is 54.7 Å². The van der Waals surface area contributed by atoms with Gasteiger partial charge in [0.15, 0.2) is 0 Å². The van der Waals surface area contributed by atoms with Gasteiger partial charge in [0, 0.05) is 23.5 Å². The van der Waals surface area contributed by atoms with Crippen molar-refractivity contribution in [2.24, 2.45) is 5.41 Å². The van der Waals surface area contributed by atoms with E-state index in [0.29, 0.717) is 37.2 Å². The first-order chi connectivity index (χ1) is 20.1. The Bertz CT molecular complexity index is 1590. The van der Waals surface area contributed by atoms with E-state index in [2.05, 4.69) is 15.6 Å². The fourth-order valence-electron chi connectivity index (χ4n) is 7.12.